The maximum absolute atomic E-state index is 14.1. The Hall–Kier alpha value is -7.76. The smallest absolute Gasteiger partial charge is 0.347 e. The van der Waals surface area contributed by atoms with Crippen LogP contribution in [-0.4, -0.2) is 90.4 Å². The third-order valence-electron chi connectivity index (χ3n) is 12.9. The zero-order chi connectivity index (χ0) is 64.3. The van der Waals surface area contributed by atoms with Crippen LogP contribution in [0, 0.1) is 5.41 Å². The molecule has 0 aliphatic carbocycles. The van der Waals surface area contributed by atoms with Crippen LogP contribution in [0.5, 0.6) is 11.5 Å². The third kappa shape index (κ3) is 36.4. The van der Waals surface area contributed by atoms with Crippen LogP contribution in [0.25, 0.3) is 0 Å². The fourth-order valence-electron chi connectivity index (χ4n) is 8.08. The molecule has 1 heterocycles. The standard InChI is InChI=1S/C72H94N4O11S2/c1-5-7-9-11-13-15-17-19-21-23-24-26-28-30-32-34-36-48-64(77)74-53-55-88-89-56-54-75-65(78)50-52-76-68(80)67(72(3,4)58-84-66(79)49-37-35-33-31-29-27-25-22-20-18-16-14-12-10-8-6-2)87-71(83)61-45-39-41-47-63(61)86-70(82)60-44-38-40-46-62(60)85-69(81)59-43-42-51-73-57-59/h7-10,13-16,19-22,24,26,30-33,38-47,51,57,67H,5-6,11-12,17-18,23,25,27-29,34-37,48-50,52-56,58H2,1-4H3,(H,74,77)(H,75,78)(H,76,80)/b9-7-,10-8-,15-13-,16-14-,21-19-,22-20-,26-24-,32-30-,33-31+/t67-/m0/s1. The lowest BCUT2D eigenvalue weighted by Gasteiger charge is -2.32. The van der Waals surface area contributed by atoms with Gasteiger partial charge in [-0.05, 0) is 133 Å². The number of benzene rings is 2. The number of esters is 4. The minimum absolute atomic E-state index is 0.0246. The quantitative estimate of drug-likeness (QED) is 0.0158. The largest absolute Gasteiger partial charge is 0.465 e. The number of unbranched alkanes of at least 4 members (excludes halogenated alkanes) is 4. The molecule has 17 heteroatoms. The van der Waals surface area contributed by atoms with Crippen LogP contribution in [0.4, 0.5) is 0 Å². The molecule has 3 rings (SSSR count). The van der Waals surface area contributed by atoms with E-state index in [1.165, 1.54) is 54.9 Å². The van der Waals surface area contributed by atoms with E-state index in [9.17, 15) is 33.6 Å². The third-order valence-corrected chi connectivity index (χ3v) is 15.3. The first-order chi connectivity index (χ1) is 43.4. The lowest BCUT2D eigenvalue weighted by molar-refractivity contribution is -0.153. The maximum atomic E-state index is 14.1. The summed E-state index contributed by atoms with van der Waals surface area (Å²) in [5.41, 5.74) is -1.46. The monoisotopic (exact) mass is 1250 g/mol. The predicted octanol–water partition coefficient (Wildman–Crippen LogP) is 15.4. The molecule has 15 nitrogen and oxygen atoms in total. The molecule has 0 saturated heterocycles. The van der Waals surface area contributed by atoms with Crippen molar-refractivity contribution in [2.45, 2.75) is 149 Å². The van der Waals surface area contributed by atoms with Crippen molar-refractivity contribution < 1.29 is 52.5 Å². The zero-order valence-corrected chi connectivity index (χ0v) is 54.3. The number of carbonyl (C=O) groups is 7. The number of nitrogens with one attached hydrogen (secondary N) is 3. The summed E-state index contributed by atoms with van der Waals surface area (Å²) in [5, 5.41) is 8.52. The number of para-hydroxylation sites is 2. The second-order valence-corrected chi connectivity index (χ2v) is 23.7. The summed E-state index contributed by atoms with van der Waals surface area (Å²) in [6.45, 7) is 8.00. The first kappa shape index (κ1) is 75.5. The van der Waals surface area contributed by atoms with E-state index in [4.69, 9.17) is 18.9 Å². The molecule has 0 bridgehead atoms. The normalized spacial score (nSPS) is 12.4. The van der Waals surface area contributed by atoms with Crippen LogP contribution in [0.2, 0.25) is 0 Å². The Labute approximate surface area is 537 Å². The summed E-state index contributed by atoms with van der Waals surface area (Å²) >= 11 is 0. The molecule has 0 spiro atoms. The van der Waals surface area contributed by atoms with Gasteiger partial charge in [-0.1, -0.05) is 183 Å². The molecule has 0 saturated carbocycles. The van der Waals surface area contributed by atoms with E-state index in [-0.39, 0.29) is 66.0 Å². The van der Waals surface area contributed by atoms with Crippen molar-refractivity contribution in [1.82, 2.24) is 20.9 Å². The highest BCUT2D eigenvalue weighted by Gasteiger charge is 2.40. The average Bonchev–Trinajstić information content (AvgIpc) is 2.05. The molecule has 1 aromatic heterocycles. The molecular formula is C72H94N4O11S2. The van der Waals surface area contributed by atoms with Crippen molar-refractivity contribution >= 4 is 63.2 Å². The van der Waals surface area contributed by atoms with Gasteiger partial charge in [0.1, 0.15) is 29.2 Å². The number of nitrogens with zero attached hydrogens (tertiary/aromatic N) is 1. The van der Waals surface area contributed by atoms with Crippen LogP contribution in [0.3, 0.4) is 0 Å². The molecule has 3 amide bonds. The minimum atomic E-state index is -1.56. The molecular weight excluding hydrogens is 1160 g/mol. The first-order valence-corrected chi connectivity index (χ1v) is 33.6. The van der Waals surface area contributed by atoms with E-state index in [0.29, 0.717) is 43.9 Å². The molecule has 0 unspecified atom stereocenters. The highest BCUT2D eigenvalue weighted by molar-refractivity contribution is 8.76. The van der Waals surface area contributed by atoms with Gasteiger partial charge in [-0.3, -0.25) is 24.2 Å². The molecule has 0 aliphatic rings. The number of aromatic nitrogens is 1. The summed E-state index contributed by atoms with van der Waals surface area (Å²) < 4.78 is 22.8. The number of amides is 3. The Balaban J connectivity index is 1.47. The number of ether oxygens (including phenoxy) is 4. The maximum Gasteiger partial charge on any atom is 0.347 e. The molecule has 1 atom stereocenters. The van der Waals surface area contributed by atoms with Crippen molar-refractivity contribution in [2.75, 3.05) is 37.7 Å². The summed E-state index contributed by atoms with van der Waals surface area (Å²) in [6, 6.07) is 14.8. The molecule has 0 aliphatic heterocycles. The Kier molecular flexibility index (Phi) is 41.7. The van der Waals surface area contributed by atoms with Gasteiger partial charge >= 0.3 is 23.9 Å². The molecule has 3 N–H and O–H groups in total. The Morgan fingerprint density at radius 2 is 0.944 bits per heavy atom. The van der Waals surface area contributed by atoms with Gasteiger partial charge in [0.25, 0.3) is 5.91 Å². The summed E-state index contributed by atoms with van der Waals surface area (Å²) in [5.74, 6) is -3.24. The van der Waals surface area contributed by atoms with Crippen LogP contribution in [-0.2, 0) is 28.7 Å². The molecule has 0 fully saturated rings. The average molecular weight is 1260 g/mol. The first-order valence-electron chi connectivity index (χ1n) is 31.2. The van der Waals surface area contributed by atoms with Crippen LogP contribution in [0.1, 0.15) is 174 Å². The van der Waals surface area contributed by atoms with E-state index in [1.807, 2.05) is 0 Å². The fourth-order valence-corrected chi connectivity index (χ4v) is 9.89. The highest BCUT2D eigenvalue weighted by atomic mass is 33.1. The van der Waals surface area contributed by atoms with Crippen molar-refractivity contribution in [2.24, 2.45) is 5.41 Å². The van der Waals surface area contributed by atoms with Crippen LogP contribution in [0.15, 0.2) is 182 Å². The Morgan fingerprint density at radius 3 is 1.46 bits per heavy atom. The van der Waals surface area contributed by atoms with Crippen molar-refractivity contribution in [3.63, 3.8) is 0 Å². The summed E-state index contributed by atoms with van der Waals surface area (Å²) in [7, 11) is 3.16. The van der Waals surface area contributed by atoms with Gasteiger partial charge in [-0.2, -0.15) is 0 Å². The van der Waals surface area contributed by atoms with Gasteiger partial charge in [-0.15, -0.1) is 0 Å². The van der Waals surface area contributed by atoms with Gasteiger partial charge in [0, 0.05) is 68.2 Å². The molecule has 0 radical (unpaired) electrons. The minimum Gasteiger partial charge on any atom is -0.465 e. The van der Waals surface area contributed by atoms with E-state index in [2.05, 4.69) is 144 Å². The lowest BCUT2D eigenvalue weighted by Crippen LogP contribution is -2.49. The van der Waals surface area contributed by atoms with Crippen molar-refractivity contribution in [1.29, 1.82) is 0 Å². The second-order valence-electron chi connectivity index (χ2n) is 21.0. The Bertz CT molecular complexity index is 2850. The van der Waals surface area contributed by atoms with E-state index in [0.717, 1.165) is 83.5 Å². The fraction of sp³-hybridized carbons (Fsp3) is 0.417. The van der Waals surface area contributed by atoms with Crippen molar-refractivity contribution in [3.05, 3.63) is 199 Å². The van der Waals surface area contributed by atoms with Crippen molar-refractivity contribution in [3.8, 4) is 11.5 Å². The van der Waals surface area contributed by atoms with E-state index < -0.39 is 41.3 Å². The van der Waals surface area contributed by atoms with E-state index in [1.54, 1.807) is 53.6 Å². The highest BCUT2D eigenvalue weighted by Crippen LogP contribution is 2.29. The van der Waals surface area contributed by atoms with E-state index >= 15 is 0 Å². The molecule has 480 valence electrons. The summed E-state index contributed by atoms with van der Waals surface area (Å²) in [6.07, 6.45) is 54.2. The van der Waals surface area contributed by atoms with Gasteiger partial charge in [0.05, 0.1) is 5.56 Å². The topological polar surface area (TPSA) is 205 Å². The van der Waals surface area contributed by atoms with Gasteiger partial charge in [-0.25, -0.2) is 14.4 Å². The van der Waals surface area contributed by atoms with Gasteiger partial charge in [0.2, 0.25) is 11.8 Å². The Morgan fingerprint density at radius 1 is 0.494 bits per heavy atom. The lowest BCUT2D eigenvalue weighted by atomic mass is 9.86. The summed E-state index contributed by atoms with van der Waals surface area (Å²) in [4.78, 5) is 96.9. The van der Waals surface area contributed by atoms with Crippen LogP contribution < -0.4 is 25.4 Å². The second kappa shape index (κ2) is 49.2. The zero-order valence-electron chi connectivity index (χ0n) is 52.6. The van der Waals surface area contributed by atoms with Gasteiger partial charge < -0.3 is 34.9 Å². The number of carbonyl (C=O) groups excluding carboxylic acids is 7. The molecule has 89 heavy (non-hydrogen) atoms. The number of rotatable bonds is 46. The number of pyridine rings is 1. The van der Waals surface area contributed by atoms with Gasteiger partial charge in [0.15, 0.2) is 6.10 Å². The predicted molar refractivity (Wildman–Crippen MR) is 362 cm³/mol. The van der Waals surface area contributed by atoms with Crippen LogP contribution >= 0.6 is 21.6 Å². The number of allylic oxidation sites excluding steroid dienone is 18. The molecule has 2 aromatic carbocycles. The SMILES string of the molecule is CC/C=C\C/C=C\C/C=C\C/C=C\C/C=C\CCCC(=O)NCCSSCCNC(=O)CCNC(=O)[C@H](OC(=O)c1ccccc1OC(=O)c1ccccc1OC(=O)c1cccnc1)C(C)(C)COC(=O)CCC/C=C/CCC/C=C\C/C=C\C/C=C\CC. The number of hydrogen-bond acceptors (Lipinski definition) is 14. The number of hydrogen-bond donors (Lipinski definition) is 3. The molecule has 3 aromatic rings.